The molecule has 0 radical (unpaired) electrons. The molecule has 1 unspecified atom stereocenters. The smallest absolute Gasteiger partial charge is 0.430 e. The Hall–Kier alpha value is -3.74. The van der Waals surface area contributed by atoms with Crippen LogP contribution in [-0.2, 0) is 9.59 Å². The van der Waals surface area contributed by atoms with Crippen LogP contribution in [0.2, 0.25) is 0 Å². The van der Waals surface area contributed by atoms with Gasteiger partial charge in [-0.15, -0.1) is 0 Å². The Morgan fingerprint density at radius 2 is 1.80 bits per heavy atom. The molecule has 0 bridgehead atoms. The second-order valence-corrected chi connectivity index (χ2v) is 7.84. The summed E-state index contributed by atoms with van der Waals surface area (Å²) >= 11 is 0. The Balaban J connectivity index is 0.000000429. The molecule has 2 aromatic carbocycles. The van der Waals surface area contributed by atoms with Crippen LogP contribution in [0, 0.1) is 11.6 Å². The monoisotopic (exact) mass is 498 g/mol. The number of fused-ring (bicyclic) bond motifs is 1. The first-order valence-corrected chi connectivity index (χ1v) is 10.4. The summed E-state index contributed by atoms with van der Waals surface area (Å²) in [6, 6.07) is 8.18. The zero-order valence-electron chi connectivity index (χ0n) is 18.1. The molecule has 1 amide bonds. The number of hydrogen-bond acceptors (Lipinski definition) is 6. The van der Waals surface area contributed by atoms with Crippen LogP contribution in [0.25, 0.3) is 10.9 Å². The highest BCUT2D eigenvalue weighted by Crippen LogP contribution is 2.23. The van der Waals surface area contributed by atoms with Crippen LogP contribution < -0.4 is 16.2 Å². The number of anilines is 1. The van der Waals surface area contributed by atoms with Gasteiger partial charge in [0.2, 0.25) is 5.91 Å². The highest BCUT2D eigenvalue weighted by Gasteiger charge is 2.29. The maximum absolute atomic E-state index is 13.9. The number of rotatable bonds is 4. The van der Waals surface area contributed by atoms with Crippen LogP contribution in [0.1, 0.15) is 24.4 Å². The van der Waals surface area contributed by atoms with Crippen LogP contribution in [-0.4, -0.2) is 52.3 Å². The van der Waals surface area contributed by atoms with Gasteiger partial charge in [-0.25, -0.2) is 8.78 Å². The number of likely N-dealkylation sites (tertiary alicyclic amines) is 1. The predicted molar refractivity (Wildman–Crippen MR) is 114 cm³/mol. The van der Waals surface area contributed by atoms with E-state index in [1.165, 1.54) is 6.07 Å². The molecule has 35 heavy (non-hydrogen) atoms. The van der Waals surface area contributed by atoms with Gasteiger partial charge in [0, 0.05) is 41.8 Å². The Morgan fingerprint density at radius 3 is 2.40 bits per heavy atom. The number of hydrogen-bond donors (Lipinski definition) is 3. The number of amides is 1. The van der Waals surface area contributed by atoms with Gasteiger partial charge in [0.05, 0.1) is 11.7 Å². The van der Waals surface area contributed by atoms with E-state index in [0.717, 1.165) is 41.6 Å². The average molecular weight is 498 g/mol. The number of benzene rings is 2. The third kappa shape index (κ3) is 6.66. The number of alkyl halides is 3. The maximum atomic E-state index is 13.9. The van der Waals surface area contributed by atoms with E-state index in [1.54, 1.807) is 11.1 Å². The van der Waals surface area contributed by atoms with Crippen molar-refractivity contribution in [3.05, 3.63) is 59.8 Å². The summed E-state index contributed by atoms with van der Waals surface area (Å²) in [5, 5.41) is 20.2. The van der Waals surface area contributed by atoms with Gasteiger partial charge in [0.1, 0.15) is 23.6 Å². The molecule has 1 aliphatic rings. The van der Waals surface area contributed by atoms with Crippen molar-refractivity contribution in [2.45, 2.75) is 31.1 Å². The normalized spacial score (nSPS) is 15.3. The number of nitrogens with two attached hydrogens (primary N) is 1. The van der Waals surface area contributed by atoms with Crippen molar-refractivity contribution in [3.8, 4) is 0 Å². The van der Waals surface area contributed by atoms with Gasteiger partial charge in [-0.2, -0.15) is 18.3 Å². The third-order valence-corrected chi connectivity index (χ3v) is 5.41. The Labute approximate surface area is 195 Å². The van der Waals surface area contributed by atoms with Crippen LogP contribution in [0.3, 0.4) is 0 Å². The minimum absolute atomic E-state index is 0.0139. The van der Waals surface area contributed by atoms with E-state index in [4.69, 9.17) is 15.6 Å². The summed E-state index contributed by atoms with van der Waals surface area (Å²) in [5.74, 6) is -4.84. The number of aromatic nitrogens is 2. The molecule has 8 nitrogen and oxygen atoms in total. The van der Waals surface area contributed by atoms with Crippen molar-refractivity contribution in [3.63, 3.8) is 0 Å². The molecule has 13 heteroatoms. The van der Waals surface area contributed by atoms with E-state index < -0.39 is 29.8 Å². The van der Waals surface area contributed by atoms with E-state index in [-0.39, 0.29) is 17.5 Å². The highest BCUT2D eigenvalue weighted by molar-refractivity contribution is 5.83. The van der Waals surface area contributed by atoms with Gasteiger partial charge < -0.3 is 25.9 Å². The lowest BCUT2D eigenvalue weighted by atomic mass is 10.0. The number of piperidine rings is 1. The standard InChI is InChI=1S/C20H21F2N5O.C2HF3O2/c21-13-1-3-16(17(22)10-13)19(23)20(28)27-7-5-14(6-8-27)25-15-2-4-18-12(9-15)11-24-26-18;3-2(4,5)1(6)7/h1-4,9-11,14,19,25H,5-8,23H2,(H,24,26);(H,6,7)/p-1. The van der Waals surface area contributed by atoms with Crippen molar-refractivity contribution in [2.24, 2.45) is 5.73 Å². The number of aromatic amines is 1. The van der Waals surface area contributed by atoms with E-state index in [1.807, 2.05) is 18.2 Å². The lowest BCUT2D eigenvalue weighted by Gasteiger charge is -2.34. The molecule has 0 saturated carbocycles. The van der Waals surface area contributed by atoms with E-state index in [0.29, 0.717) is 13.1 Å². The molecule has 188 valence electrons. The summed E-state index contributed by atoms with van der Waals surface area (Å²) in [5.41, 5.74) is 7.94. The van der Waals surface area contributed by atoms with Gasteiger partial charge in [0.15, 0.2) is 0 Å². The number of nitrogens with one attached hydrogen (secondary N) is 2. The molecule has 0 spiro atoms. The molecule has 4 N–H and O–H groups in total. The molecule has 1 saturated heterocycles. The summed E-state index contributed by atoms with van der Waals surface area (Å²) < 4.78 is 58.5. The van der Waals surface area contributed by atoms with E-state index in [9.17, 15) is 26.7 Å². The number of carbonyl (C=O) groups is 2. The summed E-state index contributed by atoms with van der Waals surface area (Å²) in [4.78, 5) is 23.1. The molecule has 2 heterocycles. The number of carbonyl (C=O) groups excluding carboxylic acids is 2. The van der Waals surface area contributed by atoms with Crippen LogP contribution >= 0.6 is 0 Å². The zero-order chi connectivity index (χ0) is 25.8. The van der Waals surface area contributed by atoms with Gasteiger partial charge in [0.25, 0.3) is 0 Å². The SMILES string of the molecule is NC(C(=O)N1CCC(Nc2ccc3[nH]ncc3c2)CC1)c1ccc(F)cc1F.O=C([O-])C(F)(F)F. The molecule has 1 aromatic heterocycles. The fraction of sp³-hybridized carbons (Fsp3) is 0.318. The minimum Gasteiger partial charge on any atom is -0.542 e. The zero-order valence-corrected chi connectivity index (χ0v) is 18.1. The lowest BCUT2D eigenvalue weighted by Crippen LogP contribution is -2.46. The maximum Gasteiger partial charge on any atom is 0.430 e. The van der Waals surface area contributed by atoms with Crippen molar-refractivity contribution in [1.82, 2.24) is 15.1 Å². The molecule has 1 fully saturated rings. The second kappa shape index (κ2) is 10.7. The fourth-order valence-electron chi connectivity index (χ4n) is 3.60. The summed E-state index contributed by atoms with van der Waals surface area (Å²) in [6.07, 6.45) is -1.90. The molecule has 3 aromatic rings. The molecular weight excluding hydrogens is 477 g/mol. The summed E-state index contributed by atoms with van der Waals surface area (Å²) in [6.45, 7) is 1.06. The molecule has 1 aliphatic heterocycles. The van der Waals surface area contributed by atoms with Gasteiger partial charge >= 0.3 is 6.18 Å². The first kappa shape index (κ1) is 25.9. The van der Waals surface area contributed by atoms with Crippen LogP contribution in [0.5, 0.6) is 0 Å². The Morgan fingerprint density at radius 1 is 1.14 bits per heavy atom. The lowest BCUT2D eigenvalue weighted by molar-refractivity contribution is -0.344. The topological polar surface area (TPSA) is 127 Å². The predicted octanol–water partition coefficient (Wildman–Crippen LogP) is 2.24. The van der Waals surface area contributed by atoms with Crippen LogP contribution in [0.4, 0.5) is 27.6 Å². The first-order chi connectivity index (χ1) is 16.5. The molecule has 0 aliphatic carbocycles. The second-order valence-electron chi connectivity index (χ2n) is 7.84. The Bertz CT molecular complexity index is 1190. The average Bonchev–Trinajstić information content (AvgIpc) is 3.26. The largest absolute Gasteiger partial charge is 0.542 e. The quantitative estimate of drug-likeness (QED) is 0.474. The number of H-pyrrole nitrogens is 1. The van der Waals surface area contributed by atoms with Gasteiger partial charge in [-0.1, -0.05) is 6.07 Å². The minimum atomic E-state index is -5.19. The molecule has 4 rings (SSSR count). The number of carboxylic acid groups (broad SMARTS) is 1. The van der Waals surface area contributed by atoms with Crippen molar-refractivity contribution in [2.75, 3.05) is 18.4 Å². The van der Waals surface area contributed by atoms with Crippen LogP contribution in [0.15, 0.2) is 42.6 Å². The van der Waals surface area contributed by atoms with Crippen molar-refractivity contribution >= 4 is 28.5 Å². The number of halogens is 5. The van der Waals surface area contributed by atoms with Gasteiger partial charge in [-0.3, -0.25) is 9.89 Å². The van der Waals surface area contributed by atoms with Gasteiger partial charge in [-0.05, 0) is 37.1 Å². The number of aliphatic carboxylic acids is 1. The number of nitrogens with zero attached hydrogens (tertiary/aromatic N) is 2. The van der Waals surface area contributed by atoms with Crippen molar-refractivity contribution < 1.29 is 36.6 Å². The fourth-order valence-corrected chi connectivity index (χ4v) is 3.60. The molecular formula is C22H21F5N5O3-. The Kier molecular flexibility index (Phi) is 7.89. The first-order valence-electron chi connectivity index (χ1n) is 10.4. The summed E-state index contributed by atoms with van der Waals surface area (Å²) in [7, 11) is 0. The third-order valence-electron chi connectivity index (χ3n) is 5.41. The molecule has 1 atom stereocenters. The van der Waals surface area contributed by atoms with E-state index >= 15 is 0 Å². The number of carboxylic acids is 1. The van der Waals surface area contributed by atoms with Crippen molar-refractivity contribution in [1.29, 1.82) is 0 Å². The van der Waals surface area contributed by atoms with E-state index in [2.05, 4.69) is 15.5 Å². The highest BCUT2D eigenvalue weighted by atomic mass is 19.4.